The van der Waals surface area contributed by atoms with E-state index in [-0.39, 0.29) is 18.8 Å². The fraction of sp³-hybridized carbons (Fsp3) is 0.194. The van der Waals surface area contributed by atoms with Crippen LogP contribution in [-0.4, -0.2) is 24.3 Å². The van der Waals surface area contributed by atoms with Crippen molar-refractivity contribution in [2.24, 2.45) is 4.99 Å². The van der Waals surface area contributed by atoms with Gasteiger partial charge in [0.1, 0.15) is 6.61 Å². The van der Waals surface area contributed by atoms with Gasteiger partial charge in [-0.15, -0.1) is 0 Å². The molecule has 0 saturated carbocycles. The van der Waals surface area contributed by atoms with Gasteiger partial charge in [-0.05, 0) is 90.0 Å². The zero-order valence-corrected chi connectivity index (χ0v) is 28.4. The molecule has 0 spiro atoms. The SMILES string of the molecule is CCOC(=O)C1=C(C)N=c2s/c(=C\c3cc(I)c(OCc4ccc(Cl)cc4Cl)c(OC)c3)c(=O)n2C1c1ccc(Cl)cc1. The summed E-state index contributed by atoms with van der Waals surface area (Å²) >= 11 is 21.9. The molecule has 1 aliphatic heterocycles. The highest BCUT2D eigenvalue weighted by atomic mass is 127. The topological polar surface area (TPSA) is 79.1 Å². The molecule has 5 rings (SSSR count). The van der Waals surface area contributed by atoms with Crippen LogP contribution in [0.4, 0.5) is 0 Å². The molecule has 0 radical (unpaired) electrons. The van der Waals surface area contributed by atoms with Gasteiger partial charge in [0.2, 0.25) is 0 Å². The number of nitrogens with zero attached hydrogens (tertiary/aromatic N) is 2. The van der Waals surface area contributed by atoms with Crippen molar-refractivity contribution >= 4 is 80.8 Å². The third kappa shape index (κ3) is 6.66. The van der Waals surface area contributed by atoms with Crippen molar-refractivity contribution in [2.45, 2.75) is 26.5 Å². The van der Waals surface area contributed by atoms with Gasteiger partial charge in [-0.2, -0.15) is 0 Å². The lowest BCUT2D eigenvalue weighted by atomic mass is 9.96. The lowest BCUT2D eigenvalue weighted by Crippen LogP contribution is -2.39. The van der Waals surface area contributed by atoms with Gasteiger partial charge in [0.05, 0.1) is 39.1 Å². The lowest BCUT2D eigenvalue weighted by Gasteiger charge is -2.24. The molecule has 1 aromatic heterocycles. The van der Waals surface area contributed by atoms with Crippen molar-refractivity contribution in [3.8, 4) is 11.5 Å². The molecule has 0 aliphatic carbocycles. The zero-order chi connectivity index (χ0) is 30.8. The van der Waals surface area contributed by atoms with E-state index in [9.17, 15) is 9.59 Å². The van der Waals surface area contributed by atoms with Gasteiger partial charge in [-0.1, -0.05) is 64.3 Å². The average Bonchev–Trinajstić information content (AvgIpc) is 3.26. The highest BCUT2D eigenvalue weighted by Crippen LogP contribution is 2.36. The molecule has 0 bridgehead atoms. The summed E-state index contributed by atoms with van der Waals surface area (Å²) in [6.45, 7) is 3.89. The van der Waals surface area contributed by atoms with Crippen LogP contribution in [0.25, 0.3) is 6.08 Å². The fourth-order valence-electron chi connectivity index (χ4n) is 4.66. The number of esters is 1. The van der Waals surface area contributed by atoms with Crippen LogP contribution >= 0.6 is 68.7 Å². The molecule has 43 heavy (non-hydrogen) atoms. The van der Waals surface area contributed by atoms with Crippen LogP contribution in [-0.2, 0) is 16.1 Å². The quantitative estimate of drug-likeness (QED) is 0.143. The van der Waals surface area contributed by atoms with Crippen LogP contribution in [0.15, 0.2) is 75.7 Å². The molecule has 7 nitrogen and oxygen atoms in total. The first-order valence-electron chi connectivity index (χ1n) is 13.0. The van der Waals surface area contributed by atoms with Crippen LogP contribution in [0.5, 0.6) is 11.5 Å². The maximum Gasteiger partial charge on any atom is 0.338 e. The molecule has 3 aromatic carbocycles. The van der Waals surface area contributed by atoms with Crippen LogP contribution in [0.3, 0.4) is 0 Å². The number of rotatable bonds is 8. The molecule has 1 atom stereocenters. The van der Waals surface area contributed by atoms with E-state index in [4.69, 9.17) is 49.0 Å². The molecule has 0 saturated heterocycles. The van der Waals surface area contributed by atoms with Crippen molar-refractivity contribution in [1.29, 1.82) is 0 Å². The van der Waals surface area contributed by atoms with Gasteiger partial charge in [0.15, 0.2) is 16.3 Å². The highest BCUT2D eigenvalue weighted by molar-refractivity contribution is 14.1. The molecule has 0 amide bonds. The minimum Gasteiger partial charge on any atom is -0.493 e. The van der Waals surface area contributed by atoms with E-state index >= 15 is 0 Å². The van der Waals surface area contributed by atoms with Crippen LogP contribution in [0, 0.1) is 3.57 Å². The van der Waals surface area contributed by atoms with Crippen molar-refractivity contribution in [1.82, 2.24) is 4.57 Å². The Morgan fingerprint density at radius 1 is 1.09 bits per heavy atom. The number of methoxy groups -OCH3 is 1. The van der Waals surface area contributed by atoms with E-state index in [1.165, 1.54) is 15.9 Å². The standard InChI is InChI=1S/C31H24Cl3IN2O5S/c1-4-41-30(39)26-16(2)36-31-37(27(26)18-5-8-20(32)9-6-18)29(38)25(43-31)13-17-11-23(35)28(24(12-17)40-3)42-15-19-7-10-21(33)14-22(19)34/h5-14,27H,4,15H2,1-3H3/b25-13-. The van der Waals surface area contributed by atoms with Gasteiger partial charge in [0, 0.05) is 20.6 Å². The number of thiazole rings is 1. The van der Waals surface area contributed by atoms with Gasteiger partial charge in [-0.3, -0.25) is 9.36 Å². The number of aromatic nitrogens is 1. The number of fused-ring (bicyclic) bond motifs is 1. The largest absolute Gasteiger partial charge is 0.493 e. The predicted molar refractivity (Wildman–Crippen MR) is 178 cm³/mol. The molecular formula is C31H24Cl3IN2O5S. The monoisotopic (exact) mass is 768 g/mol. The summed E-state index contributed by atoms with van der Waals surface area (Å²) in [6, 6.07) is 15.2. The Morgan fingerprint density at radius 2 is 1.81 bits per heavy atom. The number of benzene rings is 3. The second-order valence-electron chi connectivity index (χ2n) is 9.41. The number of ether oxygens (including phenoxy) is 3. The summed E-state index contributed by atoms with van der Waals surface area (Å²) in [5, 5.41) is 1.59. The Kier molecular flexibility index (Phi) is 9.87. The van der Waals surface area contributed by atoms with E-state index in [0.29, 0.717) is 52.7 Å². The third-order valence-corrected chi connectivity index (χ3v) is 9.26. The number of carbonyl (C=O) groups excluding carboxylic acids is 1. The smallest absolute Gasteiger partial charge is 0.338 e. The lowest BCUT2D eigenvalue weighted by molar-refractivity contribution is -0.139. The summed E-state index contributed by atoms with van der Waals surface area (Å²) < 4.78 is 19.8. The molecule has 4 aromatic rings. The van der Waals surface area contributed by atoms with Gasteiger partial charge in [-0.25, -0.2) is 9.79 Å². The van der Waals surface area contributed by atoms with E-state index in [1.54, 1.807) is 69.5 Å². The maximum atomic E-state index is 13.9. The number of hydrogen-bond donors (Lipinski definition) is 0. The Labute approximate surface area is 280 Å². The highest BCUT2D eigenvalue weighted by Gasteiger charge is 2.33. The van der Waals surface area contributed by atoms with Crippen molar-refractivity contribution in [2.75, 3.05) is 13.7 Å². The van der Waals surface area contributed by atoms with Gasteiger partial charge in [0.25, 0.3) is 5.56 Å². The van der Waals surface area contributed by atoms with Crippen LogP contribution in [0.1, 0.15) is 36.6 Å². The number of allylic oxidation sites excluding steroid dienone is 1. The first-order valence-corrected chi connectivity index (χ1v) is 16.0. The van der Waals surface area contributed by atoms with Crippen LogP contribution in [0.2, 0.25) is 15.1 Å². The number of carbonyl (C=O) groups is 1. The Morgan fingerprint density at radius 3 is 2.49 bits per heavy atom. The summed E-state index contributed by atoms with van der Waals surface area (Å²) in [5.74, 6) is 0.522. The number of halogens is 4. The molecule has 1 aliphatic rings. The summed E-state index contributed by atoms with van der Waals surface area (Å²) in [4.78, 5) is 32.1. The molecule has 0 N–H and O–H groups in total. The van der Waals surface area contributed by atoms with Crippen molar-refractivity contribution < 1.29 is 19.0 Å². The maximum absolute atomic E-state index is 13.9. The van der Waals surface area contributed by atoms with Crippen molar-refractivity contribution in [3.63, 3.8) is 0 Å². The van der Waals surface area contributed by atoms with E-state index in [0.717, 1.165) is 14.7 Å². The molecular weight excluding hydrogens is 746 g/mol. The molecule has 222 valence electrons. The summed E-state index contributed by atoms with van der Waals surface area (Å²) in [7, 11) is 1.55. The third-order valence-electron chi connectivity index (χ3n) is 6.64. The minimum atomic E-state index is -0.722. The second kappa shape index (κ2) is 13.4. The normalized spacial score (nSPS) is 14.8. The first kappa shape index (κ1) is 31.6. The second-order valence-corrected chi connectivity index (χ2v) is 12.9. The first-order chi connectivity index (χ1) is 20.6. The Balaban J connectivity index is 1.56. The predicted octanol–water partition coefficient (Wildman–Crippen LogP) is 6.95. The van der Waals surface area contributed by atoms with Crippen LogP contribution < -0.4 is 24.4 Å². The average molecular weight is 770 g/mol. The van der Waals surface area contributed by atoms with Crippen molar-refractivity contribution in [3.05, 3.63) is 121 Å². The molecule has 2 heterocycles. The Hall–Kier alpha value is -2.83. The van der Waals surface area contributed by atoms with E-state index < -0.39 is 12.0 Å². The van der Waals surface area contributed by atoms with E-state index in [1.807, 2.05) is 12.1 Å². The number of hydrogen-bond acceptors (Lipinski definition) is 7. The van der Waals surface area contributed by atoms with Gasteiger partial charge >= 0.3 is 5.97 Å². The fourth-order valence-corrected chi connectivity index (χ4v) is 7.07. The zero-order valence-electron chi connectivity index (χ0n) is 23.1. The summed E-state index contributed by atoms with van der Waals surface area (Å²) in [6.07, 6.45) is 1.77. The molecule has 12 heteroatoms. The van der Waals surface area contributed by atoms with Gasteiger partial charge < -0.3 is 14.2 Å². The summed E-state index contributed by atoms with van der Waals surface area (Å²) in [5.41, 5.74) is 2.73. The molecule has 1 unspecified atom stereocenters. The Bertz CT molecular complexity index is 1940. The minimum absolute atomic E-state index is 0.195. The van der Waals surface area contributed by atoms with E-state index in [2.05, 4.69) is 27.6 Å². The molecule has 0 fully saturated rings.